The molecule has 0 unspecified atom stereocenters. The molecular formula is C12H19ClN2S. The number of hydrogen-bond acceptors (Lipinski definition) is 3. The molecule has 4 heteroatoms. The van der Waals surface area contributed by atoms with Crippen molar-refractivity contribution in [3.63, 3.8) is 0 Å². The molecule has 1 aliphatic heterocycles. The highest BCUT2D eigenvalue weighted by Gasteiger charge is 2.33. The Hall–Kier alpha value is -0.120. The molecule has 1 aromatic rings. The summed E-state index contributed by atoms with van der Waals surface area (Å²) in [6, 6.07) is 0. The molecule has 1 saturated carbocycles. The predicted molar refractivity (Wildman–Crippen MR) is 70.8 cm³/mol. The van der Waals surface area contributed by atoms with Gasteiger partial charge < -0.3 is 5.32 Å². The molecule has 1 aliphatic carbocycles. The normalized spacial score (nSPS) is 23.8. The Bertz CT molecular complexity index is 354. The van der Waals surface area contributed by atoms with Crippen molar-refractivity contribution in [1.29, 1.82) is 0 Å². The zero-order valence-corrected chi connectivity index (χ0v) is 11.3. The number of rotatable bonds is 2. The van der Waals surface area contributed by atoms with Gasteiger partial charge in [-0.3, -0.25) is 0 Å². The minimum Gasteiger partial charge on any atom is -0.317 e. The first kappa shape index (κ1) is 12.3. The van der Waals surface area contributed by atoms with Gasteiger partial charge in [-0.05, 0) is 38.8 Å². The number of nitrogens with one attached hydrogen (secondary N) is 1. The summed E-state index contributed by atoms with van der Waals surface area (Å²) in [6.45, 7) is 4.67. The van der Waals surface area contributed by atoms with Crippen molar-refractivity contribution in [3.05, 3.63) is 16.1 Å². The van der Waals surface area contributed by atoms with Gasteiger partial charge in [0.25, 0.3) is 0 Å². The van der Waals surface area contributed by atoms with Crippen LogP contribution in [0, 0.1) is 0 Å². The van der Waals surface area contributed by atoms with Crippen molar-refractivity contribution < 1.29 is 0 Å². The van der Waals surface area contributed by atoms with Gasteiger partial charge in [-0.25, -0.2) is 4.98 Å². The van der Waals surface area contributed by atoms with Crippen LogP contribution in [0.15, 0.2) is 5.38 Å². The number of aromatic nitrogens is 1. The van der Waals surface area contributed by atoms with Gasteiger partial charge in [-0.15, -0.1) is 23.7 Å². The van der Waals surface area contributed by atoms with Crippen LogP contribution in [0.25, 0.3) is 0 Å². The van der Waals surface area contributed by atoms with E-state index in [1.54, 1.807) is 0 Å². The van der Waals surface area contributed by atoms with Crippen molar-refractivity contribution in [3.8, 4) is 0 Å². The first-order chi connectivity index (χ1) is 7.28. The fourth-order valence-corrected chi connectivity index (χ4v) is 3.47. The molecular weight excluding hydrogens is 240 g/mol. The van der Waals surface area contributed by atoms with Crippen LogP contribution in [-0.2, 0) is 5.41 Å². The second-order valence-electron chi connectivity index (χ2n) is 5.16. The summed E-state index contributed by atoms with van der Waals surface area (Å²) in [7, 11) is 0. The van der Waals surface area contributed by atoms with Crippen LogP contribution in [-0.4, -0.2) is 18.1 Å². The average molecular weight is 259 g/mol. The second kappa shape index (κ2) is 4.63. The summed E-state index contributed by atoms with van der Waals surface area (Å²) in [5.74, 6) is 0.814. The third kappa shape index (κ3) is 2.27. The lowest BCUT2D eigenvalue weighted by molar-refractivity contribution is 0.328. The Morgan fingerprint density at radius 2 is 2.06 bits per heavy atom. The highest BCUT2D eigenvalue weighted by atomic mass is 35.5. The fraction of sp³-hybridized carbons (Fsp3) is 0.750. The first-order valence-electron chi connectivity index (χ1n) is 5.95. The summed E-state index contributed by atoms with van der Waals surface area (Å²) in [5.41, 5.74) is 1.70. The van der Waals surface area contributed by atoms with Crippen LogP contribution in [0.2, 0.25) is 0 Å². The zero-order valence-electron chi connectivity index (χ0n) is 9.66. The maximum atomic E-state index is 4.86. The molecule has 0 aromatic carbocycles. The van der Waals surface area contributed by atoms with E-state index in [9.17, 15) is 0 Å². The zero-order chi connectivity index (χ0) is 10.3. The Labute approximate surface area is 107 Å². The van der Waals surface area contributed by atoms with Crippen molar-refractivity contribution >= 4 is 23.7 Å². The number of thiazole rings is 1. The Morgan fingerprint density at radius 3 is 2.69 bits per heavy atom. The van der Waals surface area contributed by atoms with E-state index >= 15 is 0 Å². The van der Waals surface area contributed by atoms with Crippen LogP contribution in [0.4, 0.5) is 0 Å². The first-order valence-corrected chi connectivity index (χ1v) is 6.82. The fourth-order valence-electron chi connectivity index (χ4n) is 2.32. The van der Waals surface area contributed by atoms with Crippen LogP contribution in [0.1, 0.15) is 49.2 Å². The molecule has 0 spiro atoms. The SMILES string of the molecule is CC1(c2csc(C3CC3)n2)CCNCC1.Cl. The molecule has 0 amide bonds. The smallest absolute Gasteiger partial charge is 0.0959 e. The van der Waals surface area contributed by atoms with Crippen molar-refractivity contribution in [2.24, 2.45) is 0 Å². The lowest BCUT2D eigenvalue weighted by Crippen LogP contribution is -2.37. The van der Waals surface area contributed by atoms with Crippen LogP contribution < -0.4 is 5.32 Å². The minimum absolute atomic E-state index is 0. The maximum Gasteiger partial charge on any atom is 0.0959 e. The van der Waals surface area contributed by atoms with Crippen molar-refractivity contribution in [2.75, 3.05) is 13.1 Å². The third-order valence-corrected chi connectivity index (χ3v) is 4.78. The number of nitrogens with zero attached hydrogens (tertiary/aromatic N) is 1. The quantitative estimate of drug-likeness (QED) is 0.882. The van der Waals surface area contributed by atoms with E-state index in [0.717, 1.165) is 19.0 Å². The van der Waals surface area contributed by atoms with E-state index in [1.807, 2.05) is 11.3 Å². The lowest BCUT2D eigenvalue weighted by atomic mass is 9.79. The predicted octanol–water partition coefficient (Wildman–Crippen LogP) is 3.08. The molecule has 2 aliphatic rings. The monoisotopic (exact) mass is 258 g/mol. The largest absolute Gasteiger partial charge is 0.317 e. The number of hydrogen-bond donors (Lipinski definition) is 1. The van der Waals surface area contributed by atoms with E-state index in [1.165, 1.54) is 36.4 Å². The minimum atomic E-state index is 0. The summed E-state index contributed by atoms with van der Waals surface area (Å²) in [5, 5.41) is 7.13. The Balaban J connectivity index is 0.000000963. The summed E-state index contributed by atoms with van der Waals surface area (Å²) in [6.07, 6.45) is 5.21. The Kier molecular flexibility index (Phi) is 3.57. The molecule has 2 fully saturated rings. The molecule has 1 saturated heterocycles. The molecule has 90 valence electrons. The van der Waals surface area contributed by atoms with Gasteiger partial charge in [-0.2, -0.15) is 0 Å². The van der Waals surface area contributed by atoms with Crippen LogP contribution in [0.5, 0.6) is 0 Å². The second-order valence-corrected chi connectivity index (χ2v) is 6.05. The Morgan fingerprint density at radius 1 is 1.38 bits per heavy atom. The van der Waals surface area contributed by atoms with Crippen LogP contribution in [0.3, 0.4) is 0 Å². The maximum absolute atomic E-state index is 4.86. The van der Waals surface area contributed by atoms with Gasteiger partial charge in [0.1, 0.15) is 0 Å². The molecule has 16 heavy (non-hydrogen) atoms. The topological polar surface area (TPSA) is 24.9 Å². The summed E-state index contributed by atoms with van der Waals surface area (Å²) in [4.78, 5) is 4.86. The summed E-state index contributed by atoms with van der Waals surface area (Å²) >= 11 is 1.88. The van der Waals surface area contributed by atoms with Gasteiger partial charge in [0.05, 0.1) is 10.7 Å². The molecule has 2 nitrogen and oxygen atoms in total. The number of piperidine rings is 1. The van der Waals surface area contributed by atoms with Gasteiger partial charge in [-0.1, -0.05) is 6.92 Å². The van der Waals surface area contributed by atoms with E-state index < -0.39 is 0 Å². The molecule has 0 atom stereocenters. The molecule has 2 heterocycles. The standard InChI is InChI=1S/C12H18N2S.ClH/c1-12(4-6-13-7-5-12)10-8-15-11(14-10)9-2-3-9;/h8-9,13H,2-7H2,1H3;1H. The third-order valence-electron chi connectivity index (χ3n) is 3.77. The molecule has 3 rings (SSSR count). The highest BCUT2D eigenvalue weighted by Crippen LogP contribution is 2.43. The van der Waals surface area contributed by atoms with Gasteiger partial charge in [0.15, 0.2) is 0 Å². The van der Waals surface area contributed by atoms with Crippen molar-refractivity contribution in [1.82, 2.24) is 10.3 Å². The molecule has 1 aromatic heterocycles. The van der Waals surface area contributed by atoms with E-state index in [0.29, 0.717) is 5.41 Å². The van der Waals surface area contributed by atoms with Gasteiger partial charge in [0.2, 0.25) is 0 Å². The van der Waals surface area contributed by atoms with E-state index in [-0.39, 0.29) is 12.4 Å². The van der Waals surface area contributed by atoms with Gasteiger partial charge in [0, 0.05) is 16.7 Å². The molecule has 0 bridgehead atoms. The highest BCUT2D eigenvalue weighted by molar-refractivity contribution is 7.09. The molecule has 0 radical (unpaired) electrons. The van der Waals surface area contributed by atoms with E-state index in [4.69, 9.17) is 4.98 Å². The van der Waals surface area contributed by atoms with E-state index in [2.05, 4.69) is 17.6 Å². The summed E-state index contributed by atoms with van der Waals surface area (Å²) < 4.78 is 0. The van der Waals surface area contributed by atoms with Crippen LogP contribution >= 0.6 is 23.7 Å². The lowest BCUT2D eigenvalue weighted by Gasteiger charge is -2.32. The van der Waals surface area contributed by atoms with Crippen molar-refractivity contribution in [2.45, 2.75) is 43.9 Å². The average Bonchev–Trinajstić information content (AvgIpc) is 2.97. The number of halogens is 1. The van der Waals surface area contributed by atoms with Gasteiger partial charge >= 0.3 is 0 Å². The molecule has 1 N–H and O–H groups in total.